The average Bonchev–Trinajstić information content (AvgIpc) is 2.51. The van der Waals surface area contributed by atoms with Crippen LogP contribution >= 0.6 is 23.2 Å². The molecule has 0 radical (unpaired) electrons. The summed E-state index contributed by atoms with van der Waals surface area (Å²) in [5.74, 6) is -1.11. The third kappa shape index (κ3) is 2.41. The normalized spacial score (nSPS) is 10.8. The summed E-state index contributed by atoms with van der Waals surface area (Å²) in [5.41, 5.74) is 1.17. The molecule has 2 heterocycles. The van der Waals surface area contributed by atoms with E-state index in [2.05, 4.69) is 15.0 Å². The third-order valence-electron chi connectivity index (χ3n) is 2.92. The molecule has 104 valence electrons. The van der Waals surface area contributed by atoms with Gasteiger partial charge in [-0.2, -0.15) is 0 Å². The van der Waals surface area contributed by atoms with Gasteiger partial charge in [-0.05, 0) is 18.2 Å². The molecule has 0 spiro atoms. The number of hydrogen-bond donors (Lipinski definition) is 1. The molecule has 5 nitrogen and oxygen atoms in total. The van der Waals surface area contributed by atoms with E-state index in [0.717, 1.165) is 0 Å². The lowest BCUT2D eigenvalue weighted by molar-refractivity contribution is 0.0699. The highest BCUT2D eigenvalue weighted by Gasteiger charge is 2.17. The third-order valence-corrected chi connectivity index (χ3v) is 3.54. The topological polar surface area (TPSA) is 76.0 Å². The number of aromatic nitrogens is 3. The van der Waals surface area contributed by atoms with E-state index in [1.54, 1.807) is 12.1 Å². The minimum absolute atomic E-state index is 0.0214. The van der Waals surface area contributed by atoms with E-state index in [1.807, 2.05) is 0 Å². The molecule has 0 aliphatic rings. The van der Waals surface area contributed by atoms with Gasteiger partial charge in [-0.15, -0.1) is 0 Å². The van der Waals surface area contributed by atoms with Crippen molar-refractivity contribution in [2.24, 2.45) is 0 Å². The summed E-state index contributed by atoms with van der Waals surface area (Å²) in [4.78, 5) is 23.9. The summed E-state index contributed by atoms with van der Waals surface area (Å²) >= 11 is 12.2. The molecular weight excluding hydrogens is 313 g/mol. The highest BCUT2D eigenvalue weighted by atomic mass is 35.5. The van der Waals surface area contributed by atoms with Crippen molar-refractivity contribution in [2.45, 2.75) is 0 Å². The van der Waals surface area contributed by atoms with Crippen LogP contribution in [0, 0.1) is 0 Å². The van der Waals surface area contributed by atoms with E-state index in [4.69, 9.17) is 23.2 Å². The summed E-state index contributed by atoms with van der Waals surface area (Å²) in [6.07, 6.45) is 4.52. The minimum Gasteiger partial charge on any atom is -0.478 e. The summed E-state index contributed by atoms with van der Waals surface area (Å²) in [6.45, 7) is 0. The zero-order chi connectivity index (χ0) is 15.0. The Hall–Kier alpha value is -2.24. The molecule has 2 aromatic heterocycles. The summed E-state index contributed by atoms with van der Waals surface area (Å²) in [5, 5.41) is 10.3. The maximum absolute atomic E-state index is 11.5. The lowest BCUT2D eigenvalue weighted by atomic mass is 10.1. The van der Waals surface area contributed by atoms with Gasteiger partial charge in [-0.1, -0.05) is 23.2 Å². The highest BCUT2D eigenvalue weighted by molar-refractivity contribution is 6.41. The molecule has 0 fully saturated rings. The molecule has 3 aromatic rings. The zero-order valence-corrected chi connectivity index (χ0v) is 11.9. The monoisotopic (exact) mass is 319 g/mol. The predicted molar refractivity (Wildman–Crippen MR) is 79.7 cm³/mol. The maximum atomic E-state index is 11.5. The second-order valence-corrected chi connectivity index (χ2v) is 5.02. The van der Waals surface area contributed by atoms with Gasteiger partial charge in [0.1, 0.15) is 5.69 Å². The fraction of sp³-hybridized carbons (Fsp3) is 0. The number of halogens is 2. The van der Waals surface area contributed by atoms with Gasteiger partial charge in [-0.3, -0.25) is 9.97 Å². The van der Waals surface area contributed by atoms with Crippen LogP contribution in [0.5, 0.6) is 0 Å². The van der Waals surface area contributed by atoms with Crippen molar-refractivity contribution in [2.75, 3.05) is 0 Å². The zero-order valence-electron chi connectivity index (χ0n) is 10.4. The SMILES string of the molecule is O=C(O)c1cc(-c2cnccn2)nc2c(Cl)ccc(Cl)c12. The first-order valence-electron chi connectivity index (χ1n) is 5.86. The van der Waals surface area contributed by atoms with Crippen LogP contribution in [0.4, 0.5) is 0 Å². The lowest BCUT2D eigenvalue weighted by Crippen LogP contribution is -2.01. The first-order chi connectivity index (χ1) is 10.1. The lowest BCUT2D eigenvalue weighted by Gasteiger charge is -2.09. The highest BCUT2D eigenvalue weighted by Crippen LogP contribution is 2.33. The molecule has 0 aliphatic heterocycles. The molecule has 0 saturated heterocycles. The van der Waals surface area contributed by atoms with Crippen molar-refractivity contribution >= 4 is 40.1 Å². The maximum Gasteiger partial charge on any atom is 0.336 e. The minimum atomic E-state index is -1.11. The van der Waals surface area contributed by atoms with Crippen molar-refractivity contribution in [3.05, 3.63) is 52.4 Å². The average molecular weight is 320 g/mol. The van der Waals surface area contributed by atoms with E-state index in [-0.39, 0.29) is 10.6 Å². The Labute approximate surface area is 129 Å². The molecule has 3 rings (SSSR count). The fourth-order valence-electron chi connectivity index (χ4n) is 2.00. The van der Waals surface area contributed by atoms with Crippen molar-refractivity contribution in [1.82, 2.24) is 15.0 Å². The molecule has 1 aromatic carbocycles. The molecule has 0 unspecified atom stereocenters. The first-order valence-corrected chi connectivity index (χ1v) is 6.62. The Morgan fingerprint density at radius 2 is 1.86 bits per heavy atom. The number of nitrogens with zero attached hydrogens (tertiary/aromatic N) is 3. The number of pyridine rings is 1. The number of aromatic carboxylic acids is 1. The molecular formula is C14H7Cl2N3O2. The van der Waals surface area contributed by atoms with Crippen molar-refractivity contribution in [1.29, 1.82) is 0 Å². The van der Waals surface area contributed by atoms with E-state index < -0.39 is 5.97 Å². The van der Waals surface area contributed by atoms with Gasteiger partial charge in [0.15, 0.2) is 0 Å². The Bertz CT molecular complexity index is 854. The van der Waals surface area contributed by atoms with E-state index in [1.165, 1.54) is 24.7 Å². The quantitative estimate of drug-likeness (QED) is 0.779. The van der Waals surface area contributed by atoms with Gasteiger partial charge >= 0.3 is 5.97 Å². The molecule has 0 atom stereocenters. The van der Waals surface area contributed by atoms with E-state index >= 15 is 0 Å². The summed E-state index contributed by atoms with van der Waals surface area (Å²) in [7, 11) is 0. The molecule has 0 saturated carbocycles. The van der Waals surface area contributed by atoms with Crippen molar-refractivity contribution < 1.29 is 9.90 Å². The van der Waals surface area contributed by atoms with Gasteiger partial charge in [0.05, 0.1) is 33.0 Å². The van der Waals surface area contributed by atoms with Crippen LogP contribution in [0.3, 0.4) is 0 Å². The smallest absolute Gasteiger partial charge is 0.336 e. The summed E-state index contributed by atoms with van der Waals surface area (Å²) < 4.78 is 0. The summed E-state index contributed by atoms with van der Waals surface area (Å²) in [6, 6.07) is 4.53. The van der Waals surface area contributed by atoms with Crippen molar-refractivity contribution in [3.8, 4) is 11.4 Å². The fourth-order valence-corrected chi connectivity index (χ4v) is 2.45. The van der Waals surface area contributed by atoms with Crippen LogP contribution in [0.25, 0.3) is 22.3 Å². The molecule has 0 aliphatic carbocycles. The standard InChI is InChI=1S/C14H7Cl2N3O2/c15-8-1-2-9(16)13-12(8)7(14(20)21)5-10(19-13)11-6-17-3-4-18-11/h1-6H,(H,20,21). The van der Waals surface area contributed by atoms with Crippen LogP contribution in [-0.2, 0) is 0 Å². The van der Waals surface area contributed by atoms with Gasteiger partial charge in [0, 0.05) is 17.8 Å². The number of hydrogen-bond acceptors (Lipinski definition) is 4. The van der Waals surface area contributed by atoms with Crippen LogP contribution in [0.15, 0.2) is 36.8 Å². The Morgan fingerprint density at radius 3 is 2.52 bits per heavy atom. The van der Waals surface area contributed by atoms with Gasteiger partial charge < -0.3 is 5.11 Å². The Kier molecular flexibility index (Phi) is 3.45. The van der Waals surface area contributed by atoms with E-state index in [0.29, 0.717) is 27.3 Å². The molecule has 0 bridgehead atoms. The number of carbonyl (C=O) groups is 1. The Morgan fingerprint density at radius 1 is 1.10 bits per heavy atom. The van der Waals surface area contributed by atoms with Crippen LogP contribution in [0.2, 0.25) is 10.0 Å². The van der Waals surface area contributed by atoms with Gasteiger partial charge in [0.2, 0.25) is 0 Å². The van der Waals surface area contributed by atoms with Crippen LogP contribution in [0.1, 0.15) is 10.4 Å². The largest absolute Gasteiger partial charge is 0.478 e. The number of benzene rings is 1. The molecule has 0 amide bonds. The van der Waals surface area contributed by atoms with Gasteiger partial charge in [-0.25, -0.2) is 9.78 Å². The number of carboxylic acids is 1. The number of rotatable bonds is 2. The second kappa shape index (κ2) is 5.27. The van der Waals surface area contributed by atoms with E-state index in [9.17, 15) is 9.90 Å². The van der Waals surface area contributed by atoms with Crippen LogP contribution in [-0.4, -0.2) is 26.0 Å². The second-order valence-electron chi connectivity index (χ2n) is 4.20. The Balaban J connectivity index is 2.41. The first kappa shape index (κ1) is 13.7. The number of carboxylic acid groups (broad SMARTS) is 1. The van der Waals surface area contributed by atoms with Gasteiger partial charge in [0.25, 0.3) is 0 Å². The molecule has 7 heteroatoms. The van der Waals surface area contributed by atoms with Crippen molar-refractivity contribution in [3.63, 3.8) is 0 Å². The number of fused-ring (bicyclic) bond motifs is 1. The molecule has 21 heavy (non-hydrogen) atoms. The molecule has 1 N–H and O–H groups in total. The van der Waals surface area contributed by atoms with Crippen LogP contribution < -0.4 is 0 Å². The predicted octanol–water partition coefficient (Wildman–Crippen LogP) is 3.70.